The van der Waals surface area contributed by atoms with E-state index in [1.165, 1.54) is 0 Å². The fourth-order valence-corrected chi connectivity index (χ4v) is 4.29. The molecular weight excluding hydrogens is 428 g/mol. The maximum atomic E-state index is 13.0. The molecule has 176 valence electrons. The lowest BCUT2D eigenvalue weighted by atomic mass is 9.95. The molecule has 0 radical (unpaired) electrons. The third-order valence-electron chi connectivity index (χ3n) is 6.09. The highest BCUT2D eigenvalue weighted by Gasteiger charge is 2.28. The van der Waals surface area contributed by atoms with Gasteiger partial charge in [-0.1, -0.05) is 49.4 Å². The molecule has 4 rings (SSSR count). The smallest absolute Gasteiger partial charge is 0.263 e. The van der Waals surface area contributed by atoms with Gasteiger partial charge in [0.05, 0.1) is 13.0 Å². The van der Waals surface area contributed by atoms with Crippen LogP contribution in [0.5, 0.6) is 11.5 Å². The Balaban J connectivity index is 1.55. The molecule has 0 saturated heterocycles. The van der Waals surface area contributed by atoms with Crippen molar-refractivity contribution in [3.63, 3.8) is 0 Å². The average Bonchev–Trinajstić information content (AvgIpc) is 2.96. The van der Waals surface area contributed by atoms with Crippen molar-refractivity contribution in [1.82, 2.24) is 4.90 Å². The molecule has 0 bridgehead atoms. The number of fused-ring (bicyclic) bond motifs is 1. The van der Waals surface area contributed by atoms with E-state index in [9.17, 15) is 9.59 Å². The minimum Gasteiger partial charge on any atom is -0.497 e. The molecule has 0 spiro atoms. The van der Waals surface area contributed by atoms with Crippen LogP contribution in [0.4, 0.5) is 5.69 Å². The van der Waals surface area contributed by atoms with Gasteiger partial charge in [-0.15, -0.1) is 0 Å². The van der Waals surface area contributed by atoms with Gasteiger partial charge in [0, 0.05) is 24.3 Å². The third-order valence-corrected chi connectivity index (χ3v) is 6.09. The summed E-state index contributed by atoms with van der Waals surface area (Å²) in [6, 6.07) is 23.0. The summed E-state index contributed by atoms with van der Waals surface area (Å²) in [7, 11) is 1.62. The van der Waals surface area contributed by atoms with Crippen LogP contribution in [-0.4, -0.2) is 29.9 Å². The van der Waals surface area contributed by atoms with Crippen LogP contribution in [0.1, 0.15) is 42.9 Å². The van der Waals surface area contributed by atoms with Crippen molar-refractivity contribution in [2.45, 2.75) is 45.4 Å². The van der Waals surface area contributed by atoms with Crippen molar-refractivity contribution in [1.29, 1.82) is 0 Å². The summed E-state index contributed by atoms with van der Waals surface area (Å²) in [5, 5.41) is 3.05. The normalized spacial score (nSPS) is 16.1. The summed E-state index contributed by atoms with van der Waals surface area (Å²) in [6.07, 6.45) is 0.0967. The minimum atomic E-state index is -0.602. The molecule has 6 nitrogen and oxygen atoms in total. The van der Waals surface area contributed by atoms with E-state index >= 15 is 0 Å². The molecule has 0 aliphatic carbocycles. The Hall–Kier alpha value is -3.80. The van der Waals surface area contributed by atoms with Gasteiger partial charge in [-0.25, -0.2) is 0 Å². The van der Waals surface area contributed by atoms with Crippen LogP contribution in [0, 0.1) is 0 Å². The minimum absolute atomic E-state index is 0.0547. The highest BCUT2D eigenvalue weighted by molar-refractivity contribution is 5.96. The van der Waals surface area contributed by atoms with Gasteiger partial charge in [0.1, 0.15) is 11.5 Å². The largest absolute Gasteiger partial charge is 0.497 e. The second-order valence-corrected chi connectivity index (χ2v) is 8.49. The van der Waals surface area contributed by atoms with E-state index in [4.69, 9.17) is 9.47 Å². The lowest BCUT2D eigenvalue weighted by Crippen LogP contribution is -2.37. The Morgan fingerprint density at radius 1 is 1.12 bits per heavy atom. The highest BCUT2D eigenvalue weighted by Crippen LogP contribution is 2.30. The molecule has 0 aromatic heterocycles. The topological polar surface area (TPSA) is 67.9 Å². The summed E-state index contributed by atoms with van der Waals surface area (Å²) < 4.78 is 11.3. The zero-order chi connectivity index (χ0) is 24.1. The van der Waals surface area contributed by atoms with Crippen molar-refractivity contribution < 1.29 is 19.1 Å². The molecule has 0 unspecified atom stereocenters. The van der Waals surface area contributed by atoms with Crippen molar-refractivity contribution in [2.24, 2.45) is 0 Å². The predicted molar refractivity (Wildman–Crippen MR) is 132 cm³/mol. The third kappa shape index (κ3) is 5.22. The number of amides is 2. The van der Waals surface area contributed by atoms with Crippen LogP contribution in [0.25, 0.3) is 0 Å². The van der Waals surface area contributed by atoms with Crippen molar-refractivity contribution >= 4 is 17.5 Å². The van der Waals surface area contributed by atoms with Gasteiger partial charge in [0.2, 0.25) is 5.91 Å². The van der Waals surface area contributed by atoms with Crippen LogP contribution in [-0.2, 0) is 22.7 Å². The molecule has 1 heterocycles. The van der Waals surface area contributed by atoms with Crippen molar-refractivity contribution in [3.8, 4) is 11.5 Å². The molecule has 1 aliphatic rings. The van der Waals surface area contributed by atoms with Crippen LogP contribution >= 0.6 is 0 Å². The molecule has 1 N–H and O–H groups in total. The van der Waals surface area contributed by atoms with E-state index in [0.29, 0.717) is 30.9 Å². The number of hydrogen-bond acceptors (Lipinski definition) is 4. The van der Waals surface area contributed by atoms with Crippen LogP contribution in [0.3, 0.4) is 0 Å². The highest BCUT2D eigenvalue weighted by atomic mass is 16.5. The van der Waals surface area contributed by atoms with Crippen molar-refractivity contribution in [3.05, 3.63) is 89.5 Å². The van der Waals surface area contributed by atoms with Gasteiger partial charge in [0.25, 0.3) is 5.91 Å². The van der Waals surface area contributed by atoms with Gasteiger partial charge in [-0.2, -0.15) is 0 Å². The van der Waals surface area contributed by atoms with E-state index in [2.05, 4.69) is 5.32 Å². The lowest BCUT2D eigenvalue weighted by molar-refractivity contribution is -0.138. The van der Waals surface area contributed by atoms with Gasteiger partial charge < -0.3 is 19.7 Å². The molecule has 34 heavy (non-hydrogen) atoms. The van der Waals surface area contributed by atoms with Gasteiger partial charge in [0.15, 0.2) is 6.10 Å². The lowest BCUT2D eigenvalue weighted by Gasteiger charge is -2.22. The van der Waals surface area contributed by atoms with Gasteiger partial charge >= 0.3 is 0 Å². The van der Waals surface area contributed by atoms with Crippen LogP contribution in [0.15, 0.2) is 72.8 Å². The molecule has 1 aliphatic heterocycles. The average molecular weight is 459 g/mol. The first-order chi connectivity index (χ1) is 16.5. The standard InChI is InChI=1S/C28H30N2O4/c1-4-25(21-10-6-5-7-11-21)27(31)29-23-13-14-26-22(16-23)18-30(28(32)19(2)34-26)17-20-9-8-12-24(15-20)33-3/h5-16,19,25H,4,17-18H2,1-3H3,(H,29,31)/t19-,25+/m0/s1. The number of benzene rings is 3. The molecule has 6 heteroatoms. The SMILES string of the molecule is CC[C@@H](C(=O)Nc1ccc2c(c1)CN(Cc1cccc(OC)c1)C(=O)[C@H](C)O2)c1ccccc1. The number of carbonyl (C=O) groups excluding carboxylic acids is 2. The summed E-state index contributed by atoms with van der Waals surface area (Å²) in [6.45, 7) is 4.59. The first-order valence-corrected chi connectivity index (χ1v) is 11.6. The molecule has 2 amide bonds. The first kappa shape index (κ1) is 23.4. The zero-order valence-corrected chi connectivity index (χ0v) is 19.8. The number of ether oxygens (including phenoxy) is 2. The van der Waals surface area contributed by atoms with E-state index in [1.54, 1.807) is 18.9 Å². The Labute approximate surface area is 200 Å². The van der Waals surface area contributed by atoms with Crippen LogP contribution < -0.4 is 14.8 Å². The second-order valence-electron chi connectivity index (χ2n) is 8.49. The molecular formula is C28H30N2O4. The quantitative estimate of drug-likeness (QED) is 0.533. The summed E-state index contributed by atoms with van der Waals surface area (Å²) in [5.41, 5.74) is 3.50. The molecule has 3 aromatic rings. The Morgan fingerprint density at radius 3 is 2.65 bits per heavy atom. The number of nitrogens with zero attached hydrogens (tertiary/aromatic N) is 1. The van der Waals surface area contributed by atoms with E-state index in [-0.39, 0.29) is 17.7 Å². The number of anilines is 1. The Kier molecular flexibility index (Phi) is 7.16. The van der Waals surface area contributed by atoms with E-state index in [1.807, 2.05) is 79.7 Å². The molecule has 3 aromatic carbocycles. The fraction of sp³-hybridized carbons (Fsp3) is 0.286. The predicted octanol–water partition coefficient (Wildman–Crippen LogP) is 5.14. The number of methoxy groups -OCH3 is 1. The van der Waals surface area contributed by atoms with Crippen molar-refractivity contribution in [2.75, 3.05) is 12.4 Å². The summed E-state index contributed by atoms with van der Waals surface area (Å²) in [4.78, 5) is 27.8. The monoisotopic (exact) mass is 458 g/mol. The summed E-state index contributed by atoms with van der Waals surface area (Å²) >= 11 is 0. The Morgan fingerprint density at radius 2 is 1.91 bits per heavy atom. The van der Waals surface area contributed by atoms with E-state index < -0.39 is 6.10 Å². The fourth-order valence-electron chi connectivity index (χ4n) is 4.29. The maximum Gasteiger partial charge on any atom is 0.263 e. The number of carbonyl (C=O) groups is 2. The summed E-state index contributed by atoms with van der Waals surface area (Å²) in [5.74, 6) is 1.03. The van der Waals surface area contributed by atoms with E-state index in [0.717, 1.165) is 22.4 Å². The van der Waals surface area contributed by atoms with Crippen LogP contribution in [0.2, 0.25) is 0 Å². The molecule has 2 atom stereocenters. The van der Waals surface area contributed by atoms with Gasteiger partial charge in [-0.05, 0) is 54.8 Å². The van der Waals surface area contributed by atoms with Gasteiger partial charge in [-0.3, -0.25) is 9.59 Å². The first-order valence-electron chi connectivity index (χ1n) is 11.6. The number of nitrogens with one attached hydrogen (secondary N) is 1. The molecule has 0 fully saturated rings. The molecule has 0 saturated carbocycles. The second kappa shape index (κ2) is 10.4. The number of hydrogen-bond donors (Lipinski definition) is 1. The zero-order valence-electron chi connectivity index (χ0n) is 19.8. The Bertz CT molecular complexity index is 1160. The number of rotatable bonds is 7. The maximum absolute atomic E-state index is 13.0.